The highest BCUT2D eigenvalue weighted by atomic mass is 32.2. The van der Waals surface area contributed by atoms with Crippen molar-refractivity contribution in [3.05, 3.63) is 29.3 Å². The van der Waals surface area contributed by atoms with Crippen molar-refractivity contribution in [1.82, 2.24) is 4.90 Å². The monoisotopic (exact) mass is 250 g/mol. The fourth-order valence-corrected chi connectivity index (χ4v) is 3.52. The van der Waals surface area contributed by atoms with Gasteiger partial charge >= 0.3 is 0 Å². The smallest absolute Gasteiger partial charge is 0.0343 e. The van der Waals surface area contributed by atoms with E-state index >= 15 is 0 Å². The van der Waals surface area contributed by atoms with Crippen LogP contribution in [-0.2, 0) is 6.54 Å². The molecule has 17 heavy (non-hydrogen) atoms. The first-order chi connectivity index (χ1) is 7.96. The molecule has 3 heteroatoms. The first kappa shape index (κ1) is 12.8. The van der Waals surface area contributed by atoms with Crippen molar-refractivity contribution in [2.75, 3.05) is 24.6 Å². The van der Waals surface area contributed by atoms with Crippen LogP contribution in [-0.4, -0.2) is 28.5 Å². The lowest BCUT2D eigenvalue weighted by atomic mass is 10.1. The number of nitrogen functional groups attached to an aromatic ring is 1. The summed E-state index contributed by atoms with van der Waals surface area (Å²) in [4.78, 5) is 2.54. The van der Waals surface area contributed by atoms with Gasteiger partial charge in [-0.05, 0) is 38.0 Å². The molecule has 0 atom stereocenters. The van der Waals surface area contributed by atoms with E-state index < -0.39 is 0 Å². The molecule has 0 amide bonds. The van der Waals surface area contributed by atoms with E-state index in [1.807, 2.05) is 6.07 Å². The van der Waals surface area contributed by atoms with Gasteiger partial charge in [0.15, 0.2) is 0 Å². The van der Waals surface area contributed by atoms with Crippen molar-refractivity contribution < 1.29 is 0 Å². The van der Waals surface area contributed by atoms with E-state index in [0.717, 1.165) is 12.2 Å². The third-order valence-electron chi connectivity index (χ3n) is 3.25. The van der Waals surface area contributed by atoms with Crippen LogP contribution < -0.4 is 5.73 Å². The van der Waals surface area contributed by atoms with E-state index in [4.69, 9.17) is 5.73 Å². The molecule has 1 aliphatic rings. The molecule has 0 radical (unpaired) electrons. The summed E-state index contributed by atoms with van der Waals surface area (Å²) >= 11 is 2.08. The number of anilines is 1. The molecule has 94 valence electrons. The zero-order valence-corrected chi connectivity index (χ0v) is 11.8. The van der Waals surface area contributed by atoms with Gasteiger partial charge in [-0.2, -0.15) is 11.8 Å². The quantitative estimate of drug-likeness (QED) is 0.818. The lowest BCUT2D eigenvalue weighted by Crippen LogP contribution is -2.42. The number of benzene rings is 1. The van der Waals surface area contributed by atoms with Crippen LogP contribution in [0.15, 0.2) is 18.2 Å². The first-order valence-corrected chi connectivity index (χ1v) is 7.16. The number of thioether (sulfide) groups is 1. The van der Waals surface area contributed by atoms with Crippen molar-refractivity contribution >= 4 is 17.4 Å². The van der Waals surface area contributed by atoms with Gasteiger partial charge in [0.1, 0.15) is 0 Å². The maximum Gasteiger partial charge on any atom is 0.0343 e. The molecule has 1 aliphatic heterocycles. The summed E-state index contributed by atoms with van der Waals surface area (Å²) in [6.45, 7) is 10.1. The second kappa shape index (κ2) is 4.91. The molecule has 2 N–H and O–H groups in total. The van der Waals surface area contributed by atoms with Gasteiger partial charge in [-0.3, -0.25) is 4.90 Å². The Labute approximate surface area is 109 Å². The standard InChI is InChI=1S/C14H22N2S/c1-11-8-12(4-5-13(11)15)9-16-6-7-17-14(2,3)10-16/h4-5,8H,6-7,9-10,15H2,1-3H3. The topological polar surface area (TPSA) is 29.3 Å². The Bertz CT molecular complexity index is 401. The number of hydrogen-bond acceptors (Lipinski definition) is 3. The Morgan fingerprint density at radius 3 is 2.82 bits per heavy atom. The minimum Gasteiger partial charge on any atom is -0.399 e. The summed E-state index contributed by atoms with van der Waals surface area (Å²) in [5.74, 6) is 1.24. The van der Waals surface area contributed by atoms with Crippen LogP contribution in [0.3, 0.4) is 0 Å². The highest BCUT2D eigenvalue weighted by Gasteiger charge is 2.26. The van der Waals surface area contributed by atoms with E-state index in [2.05, 4.69) is 49.6 Å². The lowest BCUT2D eigenvalue weighted by molar-refractivity contribution is 0.252. The number of nitrogens with two attached hydrogens (primary N) is 1. The molecule has 1 aromatic rings. The van der Waals surface area contributed by atoms with Gasteiger partial charge in [0, 0.05) is 35.8 Å². The zero-order valence-electron chi connectivity index (χ0n) is 11.0. The van der Waals surface area contributed by atoms with Gasteiger partial charge in [0.05, 0.1) is 0 Å². The van der Waals surface area contributed by atoms with Gasteiger partial charge in [-0.25, -0.2) is 0 Å². The Hall–Kier alpha value is -0.670. The predicted octanol–water partition coefficient (Wildman–Crippen LogP) is 2.90. The fraction of sp³-hybridized carbons (Fsp3) is 0.571. The minimum absolute atomic E-state index is 0.390. The molecule has 1 saturated heterocycles. The minimum atomic E-state index is 0.390. The van der Waals surface area contributed by atoms with E-state index in [-0.39, 0.29) is 0 Å². The Balaban J connectivity index is 2.03. The van der Waals surface area contributed by atoms with E-state index in [0.29, 0.717) is 4.75 Å². The van der Waals surface area contributed by atoms with Gasteiger partial charge in [-0.1, -0.05) is 12.1 Å². The summed E-state index contributed by atoms with van der Waals surface area (Å²) in [6.07, 6.45) is 0. The van der Waals surface area contributed by atoms with Crippen LogP contribution in [0, 0.1) is 6.92 Å². The third-order valence-corrected chi connectivity index (χ3v) is 4.54. The van der Waals surface area contributed by atoms with Crippen LogP contribution in [0.5, 0.6) is 0 Å². The van der Waals surface area contributed by atoms with E-state index in [9.17, 15) is 0 Å². The average Bonchev–Trinajstić information content (AvgIpc) is 2.22. The predicted molar refractivity (Wildman–Crippen MR) is 77.4 cm³/mol. The van der Waals surface area contributed by atoms with Crippen molar-refractivity contribution in [2.24, 2.45) is 0 Å². The number of aryl methyl sites for hydroxylation is 1. The van der Waals surface area contributed by atoms with Crippen molar-refractivity contribution in [2.45, 2.75) is 32.1 Å². The molecule has 0 saturated carbocycles. The number of nitrogens with zero attached hydrogens (tertiary/aromatic N) is 1. The number of hydrogen-bond donors (Lipinski definition) is 1. The summed E-state index contributed by atoms with van der Waals surface area (Å²) < 4.78 is 0.390. The molecule has 0 spiro atoms. The van der Waals surface area contributed by atoms with E-state index in [1.54, 1.807) is 0 Å². The summed E-state index contributed by atoms with van der Waals surface area (Å²) in [5, 5.41) is 0. The van der Waals surface area contributed by atoms with Crippen molar-refractivity contribution in [3.63, 3.8) is 0 Å². The third kappa shape index (κ3) is 3.39. The van der Waals surface area contributed by atoms with Gasteiger partial charge in [0.25, 0.3) is 0 Å². The molecular weight excluding hydrogens is 228 g/mol. The van der Waals surface area contributed by atoms with E-state index in [1.165, 1.54) is 30.0 Å². The maximum atomic E-state index is 5.85. The van der Waals surface area contributed by atoms with Gasteiger partial charge < -0.3 is 5.73 Å². The molecule has 2 rings (SSSR count). The van der Waals surface area contributed by atoms with Crippen LogP contribution in [0.2, 0.25) is 0 Å². The summed E-state index contributed by atoms with van der Waals surface area (Å²) in [6, 6.07) is 6.38. The second-order valence-corrected chi connectivity index (χ2v) is 7.31. The maximum absolute atomic E-state index is 5.85. The van der Waals surface area contributed by atoms with Crippen LogP contribution >= 0.6 is 11.8 Å². The largest absolute Gasteiger partial charge is 0.399 e. The molecular formula is C14H22N2S. The Morgan fingerprint density at radius 1 is 1.41 bits per heavy atom. The normalized spacial score (nSPS) is 20.4. The average molecular weight is 250 g/mol. The number of rotatable bonds is 2. The molecule has 1 heterocycles. The van der Waals surface area contributed by atoms with Crippen LogP contribution in [0.4, 0.5) is 5.69 Å². The lowest BCUT2D eigenvalue weighted by Gasteiger charge is -2.37. The molecule has 0 aliphatic carbocycles. The van der Waals surface area contributed by atoms with Crippen molar-refractivity contribution in [3.8, 4) is 0 Å². The van der Waals surface area contributed by atoms with Gasteiger partial charge in [-0.15, -0.1) is 0 Å². The molecule has 0 bridgehead atoms. The first-order valence-electron chi connectivity index (χ1n) is 6.18. The highest BCUT2D eigenvalue weighted by Crippen LogP contribution is 2.30. The fourth-order valence-electron chi connectivity index (χ4n) is 2.34. The molecule has 2 nitrogen and oxygen atoms in total. The highest BCUT2D eigenvalue weighted by molar-refractivity contribution is 8.00. The summed E-state index contributed by atoms with van der Waals surface area (Å²) in [7, 11) is 0. The Kier molecular flexibility index (Phi) is 3.69. The van der Waals surface area contributed by atoms with Gasteiger partial charge in [0.2, 0.25) is 0 Å². The molecule has 0 aromatic heterocycles. The molecule has 1 aromatic carbocycles. The zero-order chi connectivity index (χ0) is 12.5. The Morgan fingerprint density at radius 2 is 2.18 bits per heavy atom. The SMILES string of the molecule is Cc1cc(CN2CCSC(C)(C)C2)ccc1N. The van der Waals surface area contributed by atoms with Crippen molar-refractivity contribution in [1.29, 1.82) is 0 Å². The van der Waals surface area contributed by atoms with Crippen LogP contribution in [0.1, 0.15) is 25.0 Å². The molecule has 0 unspecified atom stereocenters. The summed E-state index contributed by atoms with van der Waals surface area (Å²) in [5.41, 5.74) is 9.30. The molecule has 1 fully saturated rings. The van der Waals surface area contributed by atoms with Crippen LogP contribution in [0.25, 0.3) is 0 Å². The second-order valence-electron chi connectivity index (χ2n) is 5.51.